The summed E-state index contributed by atoms with van der Waals surface area (Å²) in [5, 5.41) is 3.06. The van der Waals surface area contributed by atoms with Crippen LogP contribution in [0, 0.1) is 5.92 Å². The third kappa shape index (κ3) is 3.06. The van der Waals surface area contributed by atoms with Crippen molar-refractivity contribution in [3.63, 3.8) is 0 Å². The number of nitrogens with zero attached hydrogens (tertiary/aromatic N) is 1. The topological polar surface area (TPSA) is 60.1 Å². The Morgan fingerprint density at radius 3 is 2.72 bits per heavy atom. The largest absolute Gasteiger partial charge is 0.397 e. The van der Waals surface area contributed by atoms with Gasteiger partial charge < -0.3 is 15.6 Å². The number of nitrogens with two attached hydrogens (primary N) is 1. The van der Waals surface area contributed by atoms with E-state index in [2.05, 4.69) is 12.2 Å². The maximum atomic E-state index is 12.2. The quantitative estimate of drug-likeness (QED) is 0.842. The van der Waals surface area contributed by atoms with Crippen LogP contribution >= 0.6 is 0 Å². The van der Waals surface area contributed by atoms with Gasteiger partial charge in [-0.15, -0.1) is 0 Å². The van der Waals surface area contributed by atoms with Gasteiger partial charge in [-0.25, -0.2) is 0 Å². The fourth-order valence-electron chi connectivity index (χ4n) is 2.32. The molecule has 100 valence electrons. The second-order valence-electron chi connectivity index (χ2n) is 5.71. The lowest BCUT2D eigenvalue weighted by Crippen LogP contribution is -2.34. The van der Waals surface area contributed by atoms with E-state index in [9.17, 15) is 4.79 Å². The Morgan fingerprint density at radius 1 is 1.50 bits per heavy atom. The van der Waals surface area contributed by atoms with Crippen molar-refractivity contribution in [3.8, 4) is 0 Å². The molecule has 1 atom stereocenters. The molecule has 1 aromatic rings. The predicted molar refractivity (Wildman–Crippen MR) is 73.5 cm³/mol. The van der Waals surface area contributed by atoms with E-state index in [0.717, 1.165) is 12.3 Å². The molecule has 1 aliphatic rings. The van der Waals surface area contributed by atoms with Crippen molar-refractivity contribution < 1.29 is 4.79 Å². The summed E-state index contributed by atoms with van der Waals surface area (Å²) >= 11 is 0. The zero-order chi connectivity index (χ0) is 13.3. The van der Waals surface area contributed by atoms with Crippen molar-refractivity contribution in [2.45, 2.75) is 52.1 Å². The van der Waals surface area contributed by atoms with Crippen molar-refractivity contribution in [1.82, 2.24) is 9.88 Å². The summed E-state index contributed by atoms with van der Waals surface area (Å²) in [4.78, 5) is 12.2. The Labute approximate surface area is 109 Å². The number of rotatable bonds is 5. The number of anilines is 1. The first-order valence-corrected chi connectivity index (χ1v) is 6.75. The maximum absolute atomic E-state index is 12.2. The molecule has 1 unspecified atom stereocenters. The lowest BCUT2D eigenvalue weighted by Gasteiger charge is -2.16. The second-order valence-corrected chi connectivity index (χ2v) is 5.71. The van der Waals surface area contributed by atoms with E-state index in [1.54, 1.807) is 6.07 Å². The molecule has 1 fully saturated rings. The summed E-state index contributed by atoms with van der Waals surface area (Å²) in [6.45, 7) is 6.16. The molecule has 1 saturated carbocycles. The SMILES string of the molecule is CC(CC1CC1)NC(=O)c1cc(N)cn1C(C)C. The Hall–Kier alpha value is -1.45. The average molecular weight is 249 g/mol. The van der Waals surface area contributed by atoms with Crippen LogP contribution in [0.3, 0.4) is 0 Å². The van der Waals surface area contributed by atoms with Crippen LogP contribution in [0.15, 0.2) is 12.3 Å². The molecule has 1 heterocycles. The van der Waals surface area contributed by atoms with E-state index in [1.807, 2.05) is 24.6 Å². The first-order valence-electron chi connectivity index (χ1n) is 6.75. The number of carbonyl (C=O) groups excluding carboxylic acids is 1. The summed E-state index contributed by atoms with van der Waals surface area (Å²) in [7, 11) is 0. The number of carbonyl (C=O) groups is 1. The number of nitrogens with one attached hydrogen (secondary N) is 1. The van der Waals surface area contributed by atoms with E-state index in [1.165, 1.54) is 12.8 Å². The average Bonchev–Trinajstić information content (AvgIpc) is 2.97. The van der Waals surface area contributed by atoms with Crippen molar-refractivity contribution >= 4 is 11.6 Å². The molecule has 0 aromatic carbocycles. The van der Waals surface area contributed by atoms with Gasteiger partial charge in [0.05, 0.1) is 5.69 Å². The summed E-state index contributed by atoms with van der Waals surface area (Å²) < 4.78 is 1.93. The minimum absolute atomic E-state index is 0.0199. The number of hydrogen-bond acceptors (Lipinski definition) is 2. The fourth-order valence-corrected chi connectivity index (χ4v) is 2.32. The van der Waals surface area contributed by atoms with Crippen molar-refractivity contribution in [2.75, 3.05) is 5.73 Å². The van der Waals surface area contributed by atoms with Gasteiger partial charge in [-0.1, -0.05) is 12.8 Å². The number of amides is 1. The van der Waals surface area contributed by atoms with Gasteiger partial charge in [0.15, 0.2) is 0 Å². The van der Waals surface area contributed by atoms with E-state index >= 15 is 0 Å². The summed E-state index contributed by atoms with van der Waals surface area (Å²) in [6.07, 6.45) is 5.54. The molecule has 0 saturated heterocycles. The Bertz CT molecular complexity index is 432. The van der Waals surface area contributed by atoms with Gasteiger partial charge in [-0.2, -0.15) is 0 Å². The minimum atomic E-state index is -0.0199. The van der Waals surface area contributed by atoms with Crippen molar-refractivity contribution in [1.29, 1.82) is 0 Å². The number of aromatic nitrogens is 1. The molecule has 0 bridgehead atoms. The molecule has 1 aliphatic carbocycles. The maximum Gasteiger partial charge on any atom is 0.268 e. The predicted octanol–water partition coefficient (Wildman–Crippen LogP) is 2.57. The molecule has 0 aliphatic heterocycles. The molecule has 1 amide bonds. The fraction of sp³-hybridized carbons (Fsp3) is 0.643. The molecule has 0 radical (unpaired) electrons. The van der Waals surface area contributed by atoms with Crippen molar-refractivity contribution in [2.24, 2.45) is 5.92 Å². The van der Waals surface area contributed by atoms with Gasteiger partial charge in [0.2, 0.25) is 0 Å². The Morgan fingerprint density at radius 2 is 2.17 bits per heavy atom. The number of hydrogen-bond donors (Lipinski definition) is 2. The Balaban J connectivity index is 2.02. The van der Waals surface area contributed by atoms with Gasteiger partial charge >= 0.3 is 0 Å². The lowest BCUT2D eigenvalue weighted by molar-refractivity contribution is 0.0926. The third-order valence-electron chi connectivity index (χ3n) is 3.42. The molecule has 4 nitrogen and oxygen atoms in total. The van der Waals surface area contributed by atoms with Gasteiger partial charge in [-0.05, 0) is 39.2 Å². The van der Waals surface area contributed by atoms with E-state index in [-0.39, 0.29) is 18.0 Å². The van der Waals surface area contributed by atoms with Crippen molar-refractivity contribution in [3.05, 3.63) is 18.0 Å². The van der Waals surface area contributed by atoms with Gasteiger partial charge in [0.1, 0.15) is 5.69 Å². The van der Waals surface area contributed by atoms with Gasteiger partial charge in [0.25, 0.3) is 5.91 Å². The molecule has 0 spiro atoms. The molecular formula is C14H23N3O. The second kappa shape index (κ2) is 5.04. The van der Waals surface area contributed by atoms with Crippen LogP contribution in [0.1, 0.15) is 56.6 Å². The molecule has 4 heteroatoms. The molecular weight excluding hydrogens is 226 g/mol. The van der Waals surface area contributed by atoms with Crippen LogP contribution in [0.4, 0.5) is 5.69 Å². The van der Waals surface area contributed by atoms with Crippen LogP contribution in [-0.4, -0.2) is 16.5 Å². The van der Waals surface area contributed by atoms with Crippen LogP contribution in [0.25, 0.3) is 0 Å². The third-order valence-corrected chi connectivity index (χ3v) is 3.42. The summed E-state index contributed by atoms with van der Waals surface area (Å²) in [5.41, 5.74) is 7.08. The summed E-state index contributed by atoms with van der Waals surface area (Å²) in [5.74, 6) is 0.802. The lowest BCUT2D eigenvalue weighted by atomic mass is 10.1. The highest BCUT2D eigenvalue weighted by molar-refractivity contribution is 5.94. The van der Waals surface area contributed by atoms with Crippen LogP contribution in [0.5, 0.6) is 0 Å². The van der Waals surface area contributed by atoms with Crippen LogP contribution in [0.2, 0.25) is 0 Å². The highest BCUT2D eigenvalue weighted by atomic mass is 16.2. The molecule has 2 rings (SSSR count). The summed E-state index contributed by atoms with van der Waals surface area (Å²) in [6, 6.07) is 2.22. The van der Waals surface area contributed by atoms with Gasteiger partial charge in [-0.3, -0.25) is 4.79 Å². The zero-order valence-electron chi connectivity index (χ0n) is 11.4. The minimum Gasteiger partial charge on any atom is -0.397 e. The first kappa shape index (κ1) is 13.0. The van der Waals surface area contributed by atoms with Crippen LogP contribution in [-0.2, 0) is 0 Å². The van der Waals surface area contributed by atoms with E-state index in [4.69, 9.17) is 5.73 Å². The number of nitrogen functional groups attached to an aromatic ring is 1. The van der Waals surface area contributed by atoms with Gasteiger partial charge in [0, 0.05) is 18.3 Å². The normalized spacial score (nSPS) is 16.9. The van der Waals surface area contributed by atoms with E-state index in [0.29, 0.717) is 11.4 Å². The van der Waals surface area contributed by atoms with Crippen LogP contribution < -0.4 is 11.1 Å². The highest BCUT2D eigenvalue weighted by Gasteiger charge is 2.25. The highest BCUT2D eigenvalue weighted by Crippen LogP contribution is 2.33. The van der Waals surface area contributed by atoms with E-state index < -0.39 is 0 Å². The molecule has 1 aromatic heterocycles. The zero-order valence-corrected chi connectivity index (χ0v) is 11.4. The smallest absolute Gasteiger partial charge is 0.268 e. The molecule has 3 N–H and O–H groups in total. The molecule has 18 heavy (non-hydrogen) atoms. The standard InChI is InChI=1S/C14H23N3O/c1-9(2)17-8-12(15)7-13(17)14(18)16-10(3)6-11-4-5-11/h7-11H,4-6,15H2,1-3H3,(H,16,18). The monoisotopic (exact) mass is 249 g/mol. The Kier molecular flexibility index (Phi) is 3.64. The first-order chi connectivity index (χ1) is 8.47.